The van der Waals surface area contributed by atoms with Crippen LogP contribution in [0.2, 0.25) is 0 Å². The molecule has 0 saturated carbocycles. The highest BCUT2D eigenvalue weighted by Crippen LogP contribution is 2.31. The summed E-state index contributed by atoms with van der Waals surface area (Å²) < 4.78 is 0. The molecule has 33 heavy (non-hydrogen) atoms. The number of nitro benzene ring substituents is 1. The van der Waals surface area contributed by atoms with Crippen molar-refractivity contribution in [2.45, 2.75) is 6.92 Å². The zero-order valence-corrected chi connectivity index (χ0v) is 18.4. The van der Waals surface area contributed by atoms with Crippen molar-refractivity contribution >= 4 is 46.5 Å². The number of hydrogen-bond acceptors (Lipinski definition) is 7. The van der Waals surface area contributed by atoms with E-state index in [0.717, 1.165) is 33.9 Å². The van der Waals surface area contributed by atoms with E-state index in [-0.39, 0.29) is 30.9 Å². The predicted molar refractivity (Wildman–Crippen MR) is 122 cm³/mol. The van der Waals surface area contributed by atoms with E-state index in [1.54, 1.807) is 6.08 Å². The predicted octanol–water partition coefficient (Wildman–Crippen LogP) is 2.49. The van der Waals surface area contributed by atoms with E-state index >= 15 is 0 Å². The number of non-ortho nitro benzene ring substituents is 1. The smallest absolute Gasteiger partial charge is 0.293 e. The molecule has 0 unspecified atom stereocenters. The molecule has 1 heterocycles. The van der Waals surface area contributed by atoms with Crippen LogP contribution in [0, 0.1) is 17.0 Å². The second-order valence-corrected chi connectivity index (χ2v) is 8.08. The van der Waals surface area contributed by atoms with E-state index in [9.17, 15) is 29.3 Å². The normalized spacial score (nSPS) is 14.5. The first-order valence-electron chi connectivity index (χ1n) is 9.86. The molecule has 170 valence electrons. The van der Waals surface area contributed by atoms with Crippen LogP contribution in [0.5, 0.6) is 0 Å². The number of carbonyl (C=O) groups excluding carboxylic acids is 4. The van der Waals surface area contributed by atoms with E-state index in [1.165, 1.54) is 18.2 Å². The van der Waals surface area contributed by atoms with E-state index in [2.05, 4.69) is 10.6 Å². The summed E-state index contributed by atoms with van der Waals surface area (Å²) in [6.45, 7) is 1.59. The van der Waals surface area contributed by atoms with Crippen molar-refractivity contribution in [1.82, 2.24) is 15.5 Å². The minimum Gasteiger partial charge on any atom is -0.353 e. The van der Waals surface area contributed by atoms with Crippen molar-refractivity contribution in [3.63, 3.8) is 0 Å². The molecule has 0 aliphatic carbocycles. The second kappa shape index (κ2) is 10.6. The van der Waals surface area contributed by atoms with Crippen molar-refractivity contribution in [1.29, 1.82) is 0 Å². The first-order chi connectivity index (χ1) is 15.7. The number of thioether (sulfide) groups is 1. The van der Waals surface area contributed by atoms with Gasteiger partial charge >= 0.3 is 0 Å². The largest absolute Gasteiger partial charge is 0.353 e. The van der Waals surface area contributed by atoms with Gasteiger partial charge in [-0.05, 0) is 36.4 Å². The molecule has 1 saturated heterocycles. The molecule has 2 aromatic carbocycles. The molecule has 0 atom stereocenters. The molecule has 0 bridgehead atoms. The molecule has 0 radical (unpaired) electrons. The fourth-order valence-electron chi connectivity index (χ4n) is 2.90. The van der Waals surface area contributed by atoms with Gasteiger partial charge in [-0.1, -0.05) is 35.9 Å². The summed E-state index contributed by atoms with van der Waals surface area (Å²) in [5.41, 5.74) is 1.70. The first-order valence-corrected chi connectivity index (χ1v) is 10.7. The van der Waals surface area contributed by atoms with Gasteiger partial charge in [0.2, 0.25) is 5.91 Å². The molecule has 2 N–H and O–H groups in total. The highest BCUT2D eigenvalue weighted by molar-refractivity contribution is 8.18. The van der Waals surface area contributed by atoms with Crippen LogP contribution in [-0.2, 0) is 9.59 Å². The summed E-state index contributed by atoms with van der Waals surface area (Å²) in [5, 5.41) is 15.3. The zero-order chi connectivity index (χ0) is 24.0. The summed E-state index contributed by atoms with van der Waals surface area (Å²) in [6.07, 6.45) is 1.65. The molecule has 2 aromatic rings. The van der Waals surface area contributed by atoms with Crippen LogP contribution in [-0.4, -0.2) is 52.4 Å². The topological polar surface area (TPSA) is 139 Å². The lowest BCUT2D eigenvalue weighted by molar-refractivity contribution is -0.384. The fraction of sp³-hybridized carbons (Fsp3) is 0.182. The Morgan fingerprint density at radius 1 is 1.12 bits per heavy atom. The van der Waals surface area contributed by atoms with Crippen molar-refractivity contribution < 1.29 is 24.1 Å². The van der Waals surface area contributed by atoms with E-state index in [1.807, 2.05) is 31.2 Å². The van der Waals surface area contributed by atoms with Crippen molar-refractivity contribution in [3.05, 3.63) is 80.2 Å². The average Bonchev–Trinajstić information content (AvgIpc) is 3.06. The van der Waals surface area contributed by atoms with Crippen LogP contribution in [0.15, 0.2) is 53.4 Å². The summed E-state index contributed by atoms with van der Waals surface area (Å²) >= 11 is 0.835. The van der Waals surface area contributed by atoms with E-state index in [0.29, 0.717) is 4.91 Å². The SMILES string of the molecule is Cc1ccc(/C=C2\SC(=O)N(CCNC(=O)CNC(=O)c3cccc([N+](=O)[O-])c3)C2=O)cc1. The Morgan fingerprint density at radius 3 is 2.55 bits per heavy atom. The highest BCUT2D eigenvalue weighted by Gasteiger charge is 2.34. The lowest BCUT2D eigenvalue weighted by atomic mass is 10.1. The molecule has 1 fully saturated rings. The minimum absolute atomic E-state index is 0.0134. The number of nitrogens with one attached hydrogen (secondary N) is 2. The third-order valence-corrected chi connectivity index (χ3v) is 5.54. The molecule has 4 amide bonds. The number of rotatable bonds is 8. The van der Waals surface area contributed by atoms with Gasteiger partial charge in [-0.25, -0.2) is 0 Å². The number of hydrogen-bond donors (Lipinski definition) is 2. The third kappa shape index (κ3) is 6.26. The van der Waals surface area contributed by atoms with Crippen LogP contribution in [0.25, 0.3) is 6.08 Å². The van der Waals surface area contributed by atoms with Gasteiger partial charge < -0.3 is 10.6 Å². The summed E-state index contributed by atoms with van der Waals surface area (Å²) in [4.78, 5) is 60.3. The monoisotopic (exact) mass is 468 g/mol. The fourth-order valence-corrected chi connectivity index (χ4v) is 3.76. The molecule has 3 rings (SSSR count). The van der Waals surface area contributed by atoms with Crippen LogP contribution in [0.3, 0.4) is 0 Å². The molecular formula is C22H20N4O6S. The highest BCUT2D eigenvalue weighted by atomic mass is 32.2. The number of carbonyl (C=O) groups is 4. The number of nitrogens with zero attached hydrogens (tertiary/aromatic N) is 2. The number of nitro groups is 1. The van der Waals surface area contributed by atoms with Gasteiger partial charge in [-0.15, -0.1) is 0 Å². The lowest BCUT2D eigenvalue weighted by Crippen LogP contribution is -2.41. The number of amides is 4. The first kappa shape index (κ1) is 23.7. The van der Waals surface area contributed by atoms with Crippen LogP contribution in [0.4, 0.5) is 10.5 Å². The molecule has 11 heteroatoms. The molecule has 0 spiro atoms. The third-order valence-electron chi connectivity index (χ3n) is 4.63. The molecule has 1 aliphatic rings. The van der Waals surface area contributed by atoms with Gasteiger partial charge in [-0.3, -0.25) is 34.2 Å². The van der Waals surface area contributed by atoms with E-state index < -0.39 is 27.9 Å². The lowest BCUT2D eigenvalue weighted by Gasteiger charge is -2.13. The van der Waals surface area contributed by atoms with Gasteiger partial charge in [0, 0.05) is 30.8 Å². The average molecular weight is 468 g/mol. The van der Waals surface area contributed by atoms with Crippen LogP contribution < -0.4 is 10.6 Å². The maximum atomic E-state index is 12.5. The summed E-state index contributed by atoms with van der Waals surface area (Å²) in [5.74, 6) is -1.60. The van der Waals surface area contributed by atoms with Crippen molar-refractivity contribution in [3.8, 4) is 0 Å². The Kier molecular flexibility index (Phi) is 7.57. The summed E-state index contributed by atoms with van der Waals surface area (Å²) in [6, 6.07) is 12.6. The Morgan fingerprint density at radius 2 is 1.85 bits per heavy atom. The minimum atomic E-state index is -0.638. The maximum absolute atomic E-state index is 12.5. The van der Waals surface area contributed by atoms with Gasteiger partial charge in [-0.2, -0.15) is 0 Å². The Labute approximate surface area is 193 Å². The van der Waals surface area contributed by atoms with Crippen molar-refractivity contribution in [2.75, 3.05) is 19.6 Å². The number of benzene rings is 2. The second-order valence-electron chi connectivity index (χ2n) is 7.08. The van der Waals surface area contributed by atoms with Crippen LogP contribution in [0.1, 0.15) is 21.5 Å². The quantitative estimate of drug-likeness (QED) is 0.345. The molecule has 10 nitrogen and oxygen atoms in total. The van der Waals surface area contributed by atoms with Gasteiger partial charge in [0.15, 0.2) is 0 Å². The summed E-state index contributed by atoms with van der Waals surface area (Å²) in [7, 11) is 0. The van der Waals surface area contributed by atoms with Gasteiger partial charge in [0.1, 0.15) is 0 Å². The Balaban J connectivity index is 1.46. The van der Waals surface area contributed by atoms with Crippen LogP contribution >= 0.6 is 11.8 Å². The standard InChI is InChI=1S/C22H20N4O6S/c1-14-5-7-15(8-6-14)11-18-21(29)25(22(30)33-18)10-9-23-19(27)13-24-20(28)16-3-2-4-17(12-16)26(31)32/h2-8,11-12H,9-10,13H2,1H3,(H,23,27)(H,24,28)/b18-11-. The zero-order valence-electron chi connectivity index (χ0n) is 17.6. The Bertz CT molecular complexity index is 1150. The molecule has 1 aliphatic heterocycles. The van der Waals surface area contributed by atoms with E-state index in [4.69, 9.17) is 0 Å². The number of aryl methyl sites for hydroxylation is 1. The maximum Gasteiger partial charge on any atom is 0.293 e. The molecular weight excluding hydrogens is 448 g/mol. The van der Waals surface area contributed by atoms with Gasteiger partial charge in [0.25, 0.3) is 22.7 Å². The Hall–Kier alpha value is -3.99. The van der Waals surface area contributed by atoms with Gasteiger partial charge in [0.05, 0.1) is 16.4 Å². The molecule has 0 aromatic heterocycles. The number of imide groups is 1. The van der Waals surface area contributed by atoms with Crippen molar-refractivity contribution in [2.24, 2.45) is 0 Å².